The van der Waals surface area contributed by atoms with Crippen molar-refractivity contribution in [2.75, 3.05) is 6.61 Å². The average molecular weight is 229 g/mol. The van der Waals surface area contributed by atoms with Crippen molar-refractivity contribution in [1.82, 2.24) is 0 Å². The van der Waals surface area contributed by atoms with Crippen molar-refractivity contribution in [3.63, 3.8) is 0 Å². The molecule has 2 N–H and O–H groups in total. The molecule has 3 nitrogen and oxygen atoms in total. The number of rotatable bonds is 10. The van der Waals surface area contributed by atoms with E-state index in [0.29, 0.717) is 13.0 Å². The Hall–Kier alpha value is -0.570. The number of esters is 1. The second kappa shape index (κ2) is 10.9. The summed E-state index contributed by atoms with van der Waals surface area (Å²) in [5.41, 5.74) is 5.66. The first-order valence-corrected chi connectivity index (χ1v) is 6.61. The molecule has 0 heterocycles. The zero-order chi connectivity index (χ0) is 12.2. The predicted molar refractivity (Wildman–Crippen MR) is 67.2 cm³/mol. The molecule has 0 aromatic carbocycles. The Morgan fingerprint density at radius 3 is 2.38 bits per heavy atom. The number of nitrogens with two attached hydrogens (primary N) is 1. The van der Waals surface area contributed by atoms with E-state index in [1.165, 1.54) is 25.7 Å². The van der Waals surface area contributed by atoms with E-state index >= 15 is 0 Å². The second-order valence-electron chi connectivity index (χ2n) is 4.36. The van der Waals surface area contributed by atoms with Gasteiger partial charge in [-0.15, -0.1) is 0 Å². The third-order valence-corrected chi connectivity index (χ3v) is 2.71. The van der Waals surface area contributed by atoms with Crippen molar-refractivity contribution in [2.24, 2.45) is 5.73 Å². The minimum atomic E-state index is -0.150. The normalized spacial score (nSPS) is 12.4. The summed E-state index contributed by atoms with van der Waals surface area (Å²) in [5.74, 6) is -0.150. The molecule has 0 fully saturated rings. The summed E-state index contributed by atoms with van der Waals surface area (Å²) in [6.45, 7) is 4.74. The Balaban J connectivity index is 3.21. The zero-order valence-electron chi connectivity index (χ0n) is 10.8. The van der Waals surface area contributed by atoms with Crippen LogP contribution in [0.3, 0.4) is 0 Å². The van der Waals surface area contributed by atoms with Gasteiger partial charge in [0.1, 0.15) is 0 Å². The fourth-order valence-corrected chi connectivity index (χ4v) is 1.49. The monoisotopic (exact) mass is 229 g/mol. The summed E-state index contributed by atoms with van der Waals surface area (Å²) >= 11 is 0. The van der Waals surface area contributed by atoms with Crippen molar-refractivity contribution in [3.8, 4) is 0 Å². The first-order chi connectivity index (χ1) is 7.70. The summed E-state index contributed by atoms with van der Waals surface area (Å²) in [7, 11) is 0. The van der Waals surface area contributed by atoms with Gasteiger partial charge >= 0.3 is 5.97 Å². The fraction of sp³-hybridized carbons (Fsp3) is 0.923. The van der Waals surface area contributed by atoms with Gasteiger partial charge in [-0.2, -0.15) is 0 Å². The Morgan fingerprint density at radius 1 is 1.12 bits per heavy atom. The summed E-state index contributed by atoms with van der Waals surface area (Å²) in [5, 5.41) is 0. The molecule has 0 bridgehead atoms. The number of unbranched alkanes of at least 4 members (excludes halogenated alkanes) is 5. The first-order valence-electron chi connectivity index (χ1n) is 6.61. The Kier molecular flexibility index (Phi) is 10.5. The number of hydrogen-bond acceptors (Lipinski definition) is 3. The molecule has 0 saturated heterocycles. The van der Waals surface area contributed by atoms with Crippen LogP contribution in [0.25, 0.3) is 0 Å². The summed E-state index contributed by atoms with van der Waals surface area (Å²) in [4.78, 5) is 11.2. The summed E-state index contributed by atoms with van der Waals surface area (Å²) < 4.78 is 5.10. The smallest absolute Gasteiger partial charge is 0.307 e. The lowest BCUT2D eigenvalue weighted by Crippen LogP contribution is -2.24. The van der Waals surface area contributed by atoms with E-state index in [4.69, 9.17) is 10.5 Å². The van der Waals surface area contributed by atoms with Crippen molar-refractivity contribution >= 4 is 5.97 Å². The van der Waals surface area contributed by atoms with Crippen molar-refractivity contribution in [2.45, 2.75) is 71.3 Å². The summed E-state index contributed by atoms with van der Waals surface area (Å²) in [6.07, 6.45) is 8.45. The van der Waals surface area contributed by atoms with Crippen LogP contribution in [0.1, 0.15) is 65.2 Å². The highest BCUT2D eigenvalue weighted by molar-refractivity contribution is 5.70. The number of carbonyl (C=O) groups excluding carboxylic acids is 1. The maximum atomic E-state index is 11.2. The summed E-state index contributed by atoms with van der Waals surface area (Å²) in [6, 6.07) is -0.0444. The van der Waals surface area contributed by atoms with Gasteiger partial charge in [-0.1, -0.05) is 46.0 Å². The molecule has 3 heteroatoms. The lowest BCUT2D eigenvalue weighted by molar-refractivity contribution is -0.144. The molecule has 0 radical (unpaired) electrons. The van der Waals surface area contributed by atoms with Crippen LogP contribution in [0, 0.1) is 0 Å². The van der Waals surface area contributed by atoms with E-state index in [1.807, 2.05) is 6.92 Å². The molecule has 0 saturated carbocycles. The second-order valence-corrected chi connectivity index (χ2v) is 4.36. The molecule has 1 unspecified atom stereocenters. The van der Waals surface area contributed by atoms with Gasteiger partial charge in [0, 0.05) is 6.04 Å². The zero-order valence-corrected chi connectivity index (χ0v) is 10.8. The first kappa shape index (κ1) is 15.4. The topological polar surface area (TPSA) is 52.3 Å². The van der Waals surface area contributed by atoms with Crippen molar-refractivity contribution < 1.29 is 9.53 Å². The van der Waals surface area contributed by atoms with Gasteiger partial charge in [-0.3, -0.25) is 4.79 Å². The molecule has 16 heavy (non-hydrogen) atoms. The van der Waals surface area contributed by atoms with Gasteiger partial charge in [-0.05, 0) is 12.8 Å². The minimum absolute atomic E-state index is 0.0444. The lowest BCUT2D eigenvalue weighted by atomic mass is 10.1. The largest absolute Gasteiger partial charge is 0.466 e. The molecule has 0 amide bonds. The molecule has 0 aliphatic heterocycles. The van der Waals surface area contributed by atoms with E-state index in [2.05, 4.69) is 6.92 Å². The van der Waals surface area contributed by atoms with Crippen molar-refractivity contribution in [1.29, 1.82) is 0 Å². The Bertz CT molecular complexity index is 171. The van der Waals surface area contributed by atoms with Gasteiger partial charge in [0.25, 0.3) is 0 Å². The predicted octanol–water partition coefficient (Wildman–Crippen LogP) is 3.02. The van der Waals surface area contributed by atoms with Crippen LogP contribution in [0.5, 0.6) is 0 Å². The van der Waals surface area contributed by atoms with E-state index in [9.17, 15) is 4.79 Å². The maximum Gasteiger partial charge on any atom is 0.307 e. The van der Waals surface area contributed by atoms with Gasteiger partial charge < -0.3 is 10.5 Å². The molecule has 0 aromatic heterocycles. The molecule has 0 aliphatic carbocycles. The van der Waals surface area contributed by atoms with Gasteiger partial charge in [0.15, 0.2) is 0 Å². The molecule has 0 aliphatic rings. The number of hydrogen-bond donors (Lipinski definition) is 1. The Morgan fingerprint density at radius 2 is 1.75 bits per heavy atom. The standard InChI is InChI=1S/C13H27NO2/c1-3-5-6-7-8-9-10-16-13(15)11-12(14)4-2/h12H,3-11,14H2,1-2H3. The van der Waals surface area contributed by atoms with Crippen LogP contribution in [-0.4, -0.2) is 18.6 Å². The van der Waals surface area contributed by atoms with Gasteiger partial charge in [-0.25, -0.2) is 0 Å². The molecular formula is C13H27NO2. The third-order valence-electron chi connectivity index (χ3n) is 2.71. The molecule has 0 aromatic rings. The van der Waals surface area contributed by atoms with Crippen LogP contribution < -0.4 is 5.73 Å². The number of ether oxygens (including phenoxy) is 1. The molecular weight excluding hydrogens is 202 g/mol. The maximum absolute atomic E-state index is 11.2. The average Bonchev–Trinajstić information content (AvgIpc) is 2.27. The van der Waals surface area contributed by atoms with Crippen molar-refractivity contribution in [3.05, 3.63) is 0 Å². The van der Waals surface area contributed by atoms with Crippen LogP contribution in [0.15, 0.2) is 0 Å². The van der Waals surface area contributed by atoms with Crippen LogP contribution >= 0.6 is 0 Å². The molecule has 0 spiro atoms. The van der Waals surface area contributed by atoms with Crippen LogP contribution in [0.2, 0.25) is 0 Å². The Labute approximate surface area is 99.7 Å². The van der Waals surface area contributed by atoms with Crippen LogP contribution in [-0.2, 0) is 9.53 Å². The quantitative estimate of drug-likeness (QED) is 0.463. The lowest BCUT2D eigenvalue weighted by Gasteiger charge is -2.08. The highest BCUT2D eigenvalue weighted by atomic mass is 16.5. The highest BCUT2D eigenvalue weighted by Gasteiger charge is 2.07. The number of carbonyl (C=O) groups is 1. The van der Waals surface area contributed by atoms with E-state index in [0.717, 1.165) is 19.3 Å². The van der Waals surface area contributed by atoms with E-state index in [1.54, 1.807) is 0 Å². The van der Waals surface area contributed by atoms with Crippen LogP contribution in [0.4, 0.5) is 0 Å². The molecule has 96 valence electrons. The fourth-order valence-electron chi connectivity index (χ4n) is 1.49. The van der Waals surface area contributed by atoms with E-state index < -0.39 is 0 Å². The third kappa shape index (κ3) is 9.97. The molecule has 0 rings (SSSR count). The SMILES string of the molecule is CCCCCCCCOC(=O)CC(N)CC. The molecule has 1 atom stereocenters. The highest BCUT2D eigenvalue weighted by Crippen LogP contribution is 2.05. The minimum Gasteiger partial charge on any atom is -0.466 e. The van der Waals surface area contributed by atoms with E-state index in [-0.39, 0.29) is 12.0 Å². The van der Waals surface area contributed by atoms with Gasteiger partial charge in [0.2, 0.25) is 0 Å². The van der Waals surface area contributed by atoms with Gasteiger partial charge in [0.05, 0.1) is 13.0 Å².